The van der Waals surface area contributed by atoms with Gasteiger partial charge in [0.2, 0.25) is 0 Å². The largest absolute Gasteiger partial charge is 0.282 e. The fraction of sp³-hybridized carbons (Fsp3) is 0.182. The summed E-state index contributed by atoms with van der Waals surface area (Å²) in [7, 11) is 0. The Kier molecular flexibility index (Phi) is 4.28. The van der Waals surface area contributed by atoms with E-state index in [9.17, 15) is 13.2 Å². The first-order valence-corrected chi connectivity index (χ1v) is 6.31. The van der Waals surface area contributed by atoms with E-state index >= 15 is 0 Å². The second kappa shape index (κ2) is 5.61. The first-order chi connectivity index (χ1) is 8.95. The lowest BCUT2D eigenvalue weighted by Crippen LogP contribution is -1.98. The summed E-state index contributed by atoms with van der Waals surface area (Å²) in [4.78, 5) is 0. The van der Waals surface area contributed by atoms with E-state index in [4.69, 9.17) is 34.8 Å². The molecule has 0 aliphatic rings. The van der Waals surface area contributed by atoms with Gasteiger partial charge in [0.1, 0.15) is 16.7 Å². The average molecular weight is 330 g/mol. The highest BCUT2D eigenvalue weighted by Crippen LogP contribution is 2.31. The van der Waals surface area contributed by atoms with Crippen LogP contribution in [-0.2, 0) is 5.88 Å². The Bertz CT molecular complexity index is 613. The second-order valence-electron chi connectivity index (χ2n) is 3.60. The molecule has 0 aliphatic carbocycles. The van der Waals surface area contributed by atoms with Gasteiger partial charge in [0, 0.05) is 11.6 Å². The van der Waals surface area contributed by atoms with Gasteiger partial charge in [0.05, 0.1) is 16.6 Å². The van der Waals surface area contributed by atoms with Gasteiger partial charge in [-0.1, -0.05) is 23.2 Å². The molecule has 1 aromatic heterocycles. The molecule has 19 heavy (non-hydrogen) atoms. The Morgan fingerprint density at radius 1 is 1.26 bits per heavy atom. The van der Waals surface area contributed by atoms with E-state index in [0.29, 0.717) is 0 Å². The molecule has 0 atom stereocenters. The molecule has 1 aromatic carbocycles. The van der Waals surface area contributed by atoms with Crippen molar-refractivity contribution in [1.82, 2.24) is 9.78 Å². The van der Waals surface area contributed by atoms with Gasteiger partial charge in [-0.15, -0.1) is 11.6 Å². The van der Waals surface area contributed by atoms with Crippen molar-refractivity contribution in [3.05, 3.63) is 45.4 Å². The number of halogens is 6. The topological polar surface area (TPSA) is 17.8 Å². The third kappa shape index (κ3) is 2.68. The van der Waals surface area contributed by atoms with Gasteiger partial charge in [-0.25, -0.2) is 17.9 Å². The SMILES string of the molecule is Fc1cc(-n2nc(C(F)F)c(CCl)c2Cl)ccc1Cl. The number of aromatic nitrogens is 2. The second-order valence-corrected chi connectivity index (χ2v) is 4.63. The first-order valence-electron chi connectivity index (χ1n) is 5.02. The van der Waals surface area contributed by atoms with Crippen molar-refractivity contribution >= 4 is 34.8 Å². The molecule has 0 N–H and O–H groups in total. The van der Waals surface area contributed by atoms with Crippen LogP contribution in [0.2, 0.25) is 10.2 Å². The Balaban J connectivity index is 2.59. The van der Waals surface area contributed by atoms with Crippen LogP contribution in [0.4, 0.5) is 13.2 Å². The molecule has 0 aliphatic heterocycles. The van der Waals surface area contributed by atoms with E-state index in [0.717, 1.165) is 10.7 Å². The number of hydrogen-bond donors (Lipinski definition) is 0. The Morgan fingerprint density at radius 3 is 2.42 bits per heavy atom. The van der Waals surface area contributed by atoms with E-state index in [1.165, 1.54) is 12.1 Å². The molecule has 2 nitrogen and oxygen atoms in total. The third-order valence-corrected chi connectivity index (χ3v) is 3.40. The van der Waals surface area contributed by atoms with Crippen molar-refractivity contribution in [2.45, 2.75) is 12.3 Å². The van der Waals surface area contributed by atoms with Crippen LogP contribution in [0.25, 0.3) is 5.69 Å². The molecule has 2 aromatic rings. The Hall–Kier alpha value is -0.910. The first kappa shape index (κ1) is 14.5. The van der Waals surface area contributed by atoms with Crippen molar-refractivity contribution in [2.24, 2.45) is 0 Å². The standard InChI is InChI=1S/C11H6Cl3F3N2/c12-4-6-9(11(16)17)18-19(10(6)14)5-1-2-7(13)8(15)3-5/h1-3,11H,4H2. The monoisotopic (exact) mass is 328 g/mol. The Labute approximate surface area is 121 Å². The zero-order chi connectivity index (χ0) is 14.2. The van der Waals surface area contributed by atoms with E-state index in [2.05, 4.69) is 5.10 Å². The minimum Gasteiger partial charge on any atom is -0.221 e. The van der Waals surface area contributed by atoms with Gasteiger partial charge in [-0.2, -0.15) is 5.10 Å². The zero-order valence-electron chi connectivity index (χ0n) is 9.18. The third-order valence-electron chi connectivity index (χ3n) is 2.44. The lowest BCUT2D eigenvalue weighted by Gasteiger charge is -2.04. The summed E-state index contributed by atoms with van der Waals surface area (Å²) in [6.45, 7) is 0. The number of benzene rings is 1. The normalized spacial score (nSPS) is 11.3. The van der Waals surface area contributed by atoms with E-state index in [1.807, 2.05) is 0 Å². The van der Waals surface area contributed by atoms with Crippen molar-refractivity contribution in [2.75, 3.05) is 0 Å². The zero-order valence-corrected chi connectivity index (χ0v) is 11.4. The molecule has 0 spiro atoms. The molecule has 0 saturated carbocycles. The predicted molar refractivity (Wildman–Crippen MR) is 68.1 cm³/mol. The molecule has 0 radical (unpaired) electrons. The van der Waals surface area contributed by atoms with Crippen molar-refractivity contribution in [3.63, 3.8) is 0 Å². The molecule has 1 heterocycles. The van der Waals surface area contributed by atoms with Crippen LogP contribution in [0, 0.1) is 5.82 Å². The van der Waals surface area contributed by atoms with Gasteiger partial charge in [0.15, 0.2) is 0 Å². The highest BCUT2D eigenvalue weighted by atomic mass is 35.5. The van der Waals surface area contributed by atoms with Gasteiger partial charge in [-0.05, 0) is 12.1 Å². The lowest BCUT2D eigenvalue weighted by molar-refractivity contribution is 0.144. The smallest absolute Gasteiger partial charge is 0.221 e. The minimum absolute atomic E-state index is 0.0219. The maximum absolute atomic E-state index is 13.4. The fourth-order valence-electron chi connectivity index (χ4n) is 1.53. The summed E-state index contributed by atoms with van der Waals surface area (Å²) in [5.74, 6) is -0.911. The van der Waals surface area contributed by atoms with Crippen LogP contribution in [0.15, 0.2) is 18.2 Å². The minimum atomic E-state index is -2.82. The van der Waals surface area contributed by atoms with Crippen molar-refractivity contribution in [1.29, 1.82) is 0 Å². The lowest BCUT2D eigenvalue weighted by atomic mass is 10.3. The van der Waals surface area contributed by atoms with Crippen LogP contribution < -0.4 is 0 Å². The van der Waals surface area contributed by atoms with E-state index in [1.54, 1.807) is 0 Å². The molecular formula is C11H6Cl3F3N2. The van der Waals surface area contributed by atoms with Gasteiger partial charge in [0.25, 0.3) is 6.43 Å². The average Bonchev–Trinajstić information content (AvgIpc) is 2.70. The van der Waals surface area contributed by atoms with Gasteiger partial charge < -0.3 is 0 Å². The maximum Gasteiger partial charge on any atom is 0.282 e. The number of nitrogens with zero attached hydrogens (tertiary/aromatic N) is 2. The molecule has 0 amide bonds. The van der Waals surface area contributed by atoms with Crippen LogP contribution in [0.5, 0.6) is 0 Å². The number of hydrogen-bond acceptors (Lipinski definition) is 1. The number of alkyl halides is 3. The highest BCUT2D eigenvalue weighted by molar-refractivity contribution is 6.32. The Morgan fingerprint density at radius 2 is 1.95 bits per heavy atom. The quantitative estimate of drug-likeness (QED) is 0.725. The molecule has 0 bridgehead atoms. The summed E-state index contributed by atoms with van der Waals surface area (Å²) >= 11 is 17.0. The molecule has 0 saturated heterocycles. The molecule has 102 valence electrons. The number of rotatable bonds is 3. The molecule has 0 fully saturated rings. The fourth-order valence-corrected chi connectivity index (χ4v) is 2.28. The molecule has 8 heteroatoms. The summed E-state index contributed by atoms with van der Waals surface area (Å²) in [5, 5.41) is 3.50. The highest BCUT2D eigenvalue weighted by Gasteiger charge is 2.23. The molecule has 2 rings (SSSR count). The summed E-state index contributed by atoms with van der Waals surface area (Å²) in [6.07, 6.45) is -2.82. The van der Waals surface area contributed by atoms with E-state index in [-0.39, 0.29) is 27.3 Å². The van der Waals surface area contributed by atoms with Gasteiger partial charge >= 0.3 is 0 Å². The molecular weight excluding hydrogens is 323 g/mol. The van der Waals surface area contributed by atoms with Crippen LogP contribution >= 0.6 is 34.8 Å². The van der Waals surface area contributed by atoms with Crippen LogP contribution in [0.3, 0.4) is 0 Å². The van der Waals surface area contributed by atoms with Gasteiger partial charge in [-0.3, -0.25) is 0 Å². The van der Waals surface area contributed by atoms with Crippen molar-refractivity contribution in [3.8, 4) is 5.69 Å². The summed E-state index contributed by atoms with van der Waals surface area (Å²) < 4.78 is 39.9. The predicted octanol–water partition coefficient (Wildman–Crippen LogP) is 4.99. The summed E-state index contributed by atoms with van der Waals surface area (Å²) in [5.41, 5.74) is -0.311. The van der Waals surface area contributed by atoms with Crippen molar-refractivity contribution < 1.29 is 13.2 Å². The van der Waals surface area contributed by atoms with Crippen LogP contribution in [-0.4, -0.2) is 9.78 Å². The van der Waals surface area contributed by atoms with E-state index < -0.39 is 17.9 Å². The maximum atomic E-state index is 13.4. The van der Waals surface area contributed by atoms with Crippen LogP contribution in [0.1, 0.15) is 17.7 Å². The summed E-state index contributed by atoms with van der Waals surface area (Å²) in [6, 6.07) is 3.75. The molecule has 0 unspecified atom stereocenters.